The van der Waals surface area contributed by atoms with E-state index in [4.69, 9.17) is 5.73 Å². The van der Waals surface area contributed by atoms with Crippen LogP contribution in [0.3, 0.4) is 0 Å². The van der Waals surface area contributed by atoms with Crippen LogP contribution in [0.4, 0.5) is 13.2 Å². The quantitative estimate of drug-likeness (QED) is 0.688. The molecule has 1 atom stereocenters. The van der Waals surface area contributed by atoms with Gasteiger partial charge in [-0.25, -0.2) is 0 Å². The van der Waals surface area contributed by atoms with E-state index in [1.54, 1.807) is 4.90 Å². The highest BCUT2D eigenvalue weighted by molar-refractivity contribution is 7.99. The molecule has 2 N–H and O–H groups in total. The lowest BCUT2D eigenvalue weighted by atomic mass is 9.97. The number of nitrogens with zero attached hydrogens (tertiary/aromatic N) is 5. The minimum Gasteiger partial charge on any atom is -0.406 e. The highest BCUT2D eigenvalue weighted by Crippen LogP contribution is 2.25. The number of benzene rings is 1. The maximum atomic E-state index is 12.4. The van der Waals surface area contributed by atoms with Crippen molar-refractivity contribution in [2.24, 2.45) is 11.7 Å². The zero-order valence-electron chi connectivity index (χ0n) is 15.0. The Balaban J connectivity index is 1.62. The number of rotatable bonds is 6. The molecule has 1 aromatic carbocycles. The first-order chi connectivity index (χ1) is 13.7. The van der Waals surface area contributed by atoms with Gasteiger partial charge in [0, 0.05) is 13.1 Å². The van der Waals surface area contributed by atoms with E-state index in [9.17, 15) is 22.8 Å². The Hall–Kier alpha value is -2.83. The fourth-order valence-corrected chi connectivity index (χ4v) is 3.67. The van der Waals surface area contributed by atoms with Crippen molar-refractivity contribution in [3.05, 3.63) is 24.3 Å². The van der Waals surface area contributed by atoms with Crippen molar-refractivity contribution in [2.75, 3.05) is 18.8 Å². The van der Waals surface area contributed by atoms with Crippen LogP contribution in [0.15, 0.2) is 29.4 Å². The van der Waals surface area contributed by atoms with E-state index < -0.39 is 12.3 Å². The van der Waals surface area contributed by atoms with E-state index in [0.29, 0.717) is 36.8 Å². The number of aromatic nitrogens is 4. The number of carbonyl (C=O) groups is 2. The molecule has 1 unspecified atom stereocenters. The molecule has 1 aliphatic heterocycles. The maximum Gasteiger partial charge on any atom is 0.573 e. The Morgan fingerprint density at radius 3 is 2.66 bits per heavy atom. The summed E-state index contributed by atoms with van der Waals surface area (Å²) in [6.45, 7) is 0.842. The molecule has 2 heterocycles. The number of halogens is 3. The van der Waals surface area contributed by atoms with Gasteiger partial charge in [0.25, 0.3) is 0 Å². The Morgan fingerprint density at radius 2 is 2.00 bits per heavy atom. The normalized spacial score (nSPS) is 17.2. The zero-order valence-corrected chi connectivity index (χ0v) is 15.8. The minimum absolute atomic E-state index is 0.0428. The molecule has 0 saturated carbocycles. The summed E-state index contributed by atoms with van der Waals surface area (Å²) in [4.78, 5) is 25.4. The fourth-order valence-electron chi connectivity index (χ4n) is 2.87. The van der Waals surface area contributed by atoms with Crippen LogP contribution in [-0.2, 0) is 9.59 Å². The Kier molecular flexibility index (Phi) is 6.25. The van der Waals surface area contributed by atoms with E-state index >= 15 is 0 Å². The number of thioether (sulfide) groups is 1. The first kappa shape index (κ1) is 20.9. The molecule has 0 spiro atoms. The molecule has 1 aromatic heterocycles. The number of carbonyl (C=O) groups excluding carboxylic acids is 2. The summed E-state index contributed by atoms with van der Waals surface area (Å²) in [6.07, 6.45) is -3.41. The Bertz CT molecular complexity index is 874. The van der Waals surface area contributed by atoms with Crippen LogP contribution >= 0.6 is 11.8 Å². The number of alkyl halides is 3. The predicted molar refractivity (Wildman–Crippen MR) is 95.1 cm³/mol. The second kappa shape index (κ2) is 8.68. The van der Waals surface area contributed by atoms with Gasteiger partial charge < -0.3 is 15.4 Å². The summed E-state index contributed by atoms with van der Waals surface area (Å²) in [5.41, 5.74) is 5.73. The van der Waals surface area contributed by atoms with Crippen molar-refractivity contribution in [1.82, 2.24) is 25.1 Å². The van der Waals surface area contributed by atoms with Crippen LogP contribution in [0, 0.1) is 5.92 Å². The molecule has 29 heavy (non-hydrogen) atoms. The molecule has 0 radical (unpaired) electrons. The van der Waals surface area contributed by atoms with Gasteiger partial charge in [0.15, 0.2) is 0 Å². The number of primary amides is 1. The van der Waals surface area contributed by atoms with Gasteiger partial charge >= 0.3 is 6.36 Å². The zero-order chi connectivity index (χ0) is 21.0. The highest BCUT2D eigenvalue weighted by atomic mass is 32.2. The molecule has 0 bridgehead atoms. The van der Waals surface area contributed by atoms with Gasteiger partial charge in [-0.3, -0.25) is 9.59 Å². The van der Waals surface area contributed by atoms with Gasteiger partial charge in [0.05, 0.1) is 17.4 Å². The van der Waals surface area contributed by atoms with E-state index in [1.807, 2.05) is 0 Å². The number of hydrogen-bond acceptors (Lipinski definition) is 7. The average molecular weight is 430 g/mol. The molecule has 3 rings (SSSR count). The van der Waals surface area contributed by atoms with Crippen molar-refractivity contribution in [1.29, 1.82) is 0 Å². The number of ether oxygens (including phenoxy) is 1. The second-order valence-corrected chi connectivity index (χ2v) is 7.23. The van der Waals surface area contributed by atoms with Gasteiger partial charge in [-0.05, 0) is 47.5 Å². The summed E-state index contributed by atoms with van der Waals surface area (Å²) in [5.74, 6) is -1.27. The molecular weight excluding hydrogens is 413 g/mol. The number of piperidine rings is 1. The van der Waals surface area contributed by atoms with Crippen molar-refractivity contribution >= 4 is 23.6 Å². The van der Waals surface area contributed by atoms with E-state index in [-0.39, 0.29) is 23.3 Å². The standard InChI is InChI=1S/C16H17F3N6O3S/c17-16(18,19)28-12-5-3-11(4-6-12)25-15(21-22-23-25)29-9-13(26)24-7-1-2-10(8-24)14(20)27/h3-6,10H,1-2,7-9H2,(H2,20,27). The summed E-state index contributed by atoms with van der Waals surface area (Å²) in [6, 6.07) is 5.01. The van der Waals surface area contributed by atoms with E-state index in [0.717, 1.165) is 23.9 Å². The van der Waals surface area contributed by atoms with Gasteiger partial charge in [0.2, 0.25) is 17.0 Å². The Labute approximate surface area is 167 Å². The average Bonchev–Trinajstić information content (AvgIpc) is 3.14. The lowest BCUT2D eigenvalue weighted by Crippen LogP contribution is -2.44. The minimum atomic E-state index is -4.78. The third-order valence-electron chi connectivity index (χ3n) is 4.26. The van der Waals surface area contributed by atoms with Gasteiger partial charge in [-0.1, -0.05) is 11.8 Å². The lowest BCUT2D eigenvalue weighted by Gasteiger charge is -2.31. The number of hydrogen-bond donors (Lipinski definition) is 1. The SMILES string of the molecule is NC(=O)C1CCCN(C(=O)CSc2nnnn2-c2ccc(OC(F)(F)F)cc2)C1. The topological polar surface area (TPSA) is 116 Å². The summed E-state index contributed by atoms with van der Waals surface area (Å²) < 4.78 is 41.9. The van der Waals surface area contributed by atoms with Gasteiger partial charge in [0.1, 0.15) is 5.75 Å². The van der Waals surface area contributed by atoms with Crippen molar-refractivity contribution in [3.63, 3.8) is 0 Å². The largest absolute Gasteiger partial charge is 0.573 e. The summed E-state index contributed by atoms with van der Waals surface area (Å²) in [5, 5.41) is 11.5. The first-order valence-corrected chi connectivity index (χ1v) is 9.56. The predicted octanol–water partition coefficient (Wildman–Crippen LogP) is 1.38. The molecule has 1 aliphatic rings. The Morgan fingerprint density at radius 1 is 1.28 bits per heavy atom. The van der Waals surface area contributed by atoms with Gasteiger partial charge in [-0.2, -0.15) is 4.68 Å². The van der Waals surface area contributed by atoms with Crippen LogP contribution in [0.1, 0.15) is 12.8 Å². The van der Waals surface area contributed by atoms with Crippen LogP contribution in [-0.4, -0.2) is 62.1 Å². The van der Waals surface area contributed by atoms with Crippen molar-refractivity contribution in [2.45, 2.75) is 24.4 Å². The van der Waals surface area contributed by atoms with Crippen molar-refractivity contribution in [3.8, 4) is 11.4 Å². The smallest absolute Gasteiger partial charge is 0.406 e. The molecule has 0 aliphatic carbocycles. The number of likely N-dealkylation sites (tertiary alicyclic amines) is 1. The molecule has 9 nitrogen and oxygen atoms in total. The summed E-state index contributed by atoms with van der Waals surface area (Å²) >= 11 is 1.08. The second-order valence-electron chi connectivity index (χ2n) is 6.28. The molecule has 13 heteroatoms. The first-order valence-electron chi connectivity index (χ1n) is 8.57. The van der Waals surface area contributed by atoms with Crippen molar-refractivity contribution < 1.29 is 27.5 Å². The maximum absolute atomic E-state index is 12.4. The molecule has 1 saturated heterocycles. The monoisotopic (exact) mass is 430 g/mol. The fraction of sp³-hybridized carbons (Fsp3) is 0.438. The van der Waals surface area contributed by atoms with Gasteiger partial charge in [-0.15, -0.1) is 18.3 Å². The highest BCUT2D eigenvalue weighted by Gasteiger charge is 2.31. The van der Waals surface area contributed by atoms with Crippen LogP contribution < -0.4 is 10.5 Å². The number of nitrogens with two attached hydrogens (primary N) is 1. The molecule has 2 amide bonds. The third kappa shape index (κ3) is 5.59. The number of tetrazole rings is 1. The van der Waals surface area contributed by atoms with Crippen LogP contribution in [0.2, 0.25) is 0 Å². The molecule has 2 aromatic rings. The molecule has 1 fully saturated rings. The third-order valence-corrected chi connectivity index (χ3v) is 5.16. The van der Waals surface area contributed by atoms with Crippen LogP contribution in [0.25, 0.3) is 5.69 Å². The lowest BCUT2D eigenvalue weighted by molar-refractivity contribution is -0.274. The molecule has 156 valence electrons. The van der Waals surface area contributed by atoms with Crippen LogP contribution in [0.5, 0.6) is 5.75 Å². The summed E-state index contributed by atoms with van der Waals surface area (Å²) in [7, 11) is 0. The van der Waals surface area contributed by atoms with E-state index in [2.05, 4.69) is 20.3 Å². The number of amides is 2. The van der Waals surface area contributed by atoms with E-state index in [1.165, 1.54) is 16.8 Å². The molecular formula is C16H17F3N6O3S.